The molecule has 0 saturated carbocycles. The zero-order valence-corrected chi connectivity index (χ0v) is 59.1. The number of H-pyrrole nitrogens is 3. The van der Waals surface area contributed by atoms with Gasteiger partial charge in [0.1, 0.15) is 71.0 Å². The third-order valence-corrected chi connectivity index (χ3v) is 20.1. The monoisotopic (exact) mass is 1440 g/mol. The Bertz CT molecular complexity index is 4120. The normalized spacial score (nSPS) is 22.7. The molecule has 7 aromatic rings. The van der Waals surface area contributed by atoms with E-state index in [0.717, 1.165) is 11.1 Å². The summed E-state index contributed by atoms with van der Waals surface area (Å²) in [4.78, 5) is 162. The summed E-state index contributed by atoms with van der Waals surface area (Å²) in [5.41, 5.74) is 2.81. The van der Waals surface area contributed by atoms with Crippen LogP contribution in [0.4, 0.5) is 8.78 Å². The molecule has 2 aliphatic heterocycles. The van der Waals surface area contributed by atoms with Crippen molar-refractivity contribution in [3.05, 3.63) is 155 Å². The lowest BCUT2D eigenvalue weighted by Gasteiger charge is -2.36. The van der Waals surface area contributed by atoms with E-state index in [1.807, 2.05) is 37.2 Å². The molecular formula is C72H88F2N14O12S2. The van der Waals surface area contributed by atoms with Gasteiger partial charge < -0.3 is 77.1 Å². The van der Waals surface area contributed by atoms with Crippen LogP contribution < -0.4 is 47.3 Å². The van der Waals surface area contributed by atoms with Crippen molar-refractivity contribution in [3.8, 4) is 5.75 Å². The number of nitrogens with zero attached hydrogens (tertiary/aromatic N) is 3. The number of unbranched alkanes of at least 4 members (excludes halogenated alkanes) is 1. The number of imidazole rings is 1. The second kappa shape index (κ2) is 36.2. The number of methoxy groups -OCH3 is 1. The van der Waals surface area contributed by atoms with Crippen LogP contribution >= 0.6 is 23.5 Å². The van der Waals surface area contributed by atoms with Crippen LogP contribution in [-0.2, 0) is 85.1 Å². The summed E-state index contributed by atoms with van der Waals surface area (Å²) in [6, 6.07) is 11.7. The van der Waals surface area contributed by atoms with Crippen molar-refractivity contribution in [2.75, 3.05) is 52.3 Å². The standard InChI is InChI=1S/C72H88F2N14O12S2/c1-42-64(92)82-56(32-46-38-78-53-19-15-48(73)34-51(46)53)66(94)83-57(33-47-39-79-54-20-16-49(74)35-52(47)54)67(95)85-59(37-63(90)91)69(97)84-58(36-61-75-23-24-76-61)68(96)86-60(31-43-13-17-50(100-5)18-14-43)70(98)88-27-9-22-72(88,2)71(99)77-25-29-102-41-45-11-8-10-44(30-45)40-101-28-21-62(89)81-55(65(93)80-42)12-6-7-26-87(3)4/h8,10-11,13-20,23-24,30,34-35,38-39,42,55-60,78-79H,6-7,9,12,21-22,25-29,31-33,36-37,40-41H2,1-5H3,(H,75,76)(H,77,99)(H,80,93)(H,81,89)(H,82,92)(H,83,94)(H,84,97)(H,85,95)(H,86,96)(H,90,91)/t42-,55+,56+,57+,58+,59+,60+,72+/m1/s1. The first kappa shape index (κ1) is 76.4. The molecule has 4 aromatic carbocycles. The zero-order chi connectivity index (χ0) is 73.0. The lowest BCUT2D eigenvalue weighted by atomic mass is 9.95. The number of carbonyl (C=O) groups excluding carboxylic acids is 9. The molecule has 0 spiro atoms. The fourth-order valence-corrected chi connectivity index (χ4v) is 14.2. The van der Waals surface area contributed by atoms with Crippen molar-refractivity contribution in [1.29, 1.82) is 0 Å². The van der Waals surface area contributed by atoms with Gasteiger partial charge in [-0.25, -0.2) is 13.8 Å². The second-order valence-corrected chi connectivity index (χ2v) is 28.3. The number of hydrogen-bond donors (Lipinski definition) is 12. The number of fused-ring (bicyclic) bond motifs is 5. The van der Waals surface area contributed by atoms with E-state index in [9.17, 15) is 38.3 Å². The van der Waals surface area contributed by atoms with Crippen molar-refractivity contribution in [2.24, 2.45) is 0 Å². The number of thioether (sulfide) groups is 2. The van der Waals surface area contributed by atoms with Crippen LogP contribution in [-0.4, -0.2) is 194 Å². The molecular weight excluding hydrogens is 1360 g/mol. The molecule has 9 rings (SSSR count). The Labute approximate surface area is 597 Å². The summed E-state index contributed by atoms with van der Waals surface area (Å²) in [5.74, 6) is -7.29. The molecule has 30 heteroatoms. The second-order valence-electron chi connectivity index (χ2n) is 26.1. The number of carboxylic acids is 1. The average Bonchev–Trinajstić information content (AvgIpc) is 1.71. The van der Waals surface area contributed by atoms with Crippen LogP contribution in [0.25, 0.3) is 21.8 Å². The number of carboxylic acid groups (broad SMARTS) is 1. The van der Waals surface area contributed by atoms with Gasteiger partial charge in [0.2, 0.25) is 53.2 Å². The lowest BCUT2D eigenvalue weighted by molar-refractivity contribution is -0.146. The molecule has 0 aliphatic carbocycles. The minimum atomic E-state index is -2.00. The Hall–Kier alpha value is -9.81. The lowest BCUT2D eigenvalue weighted by Crippen LogP contribution is -2.62. The van der Waals surface area contributed by atoms with E-state index in [1.165, 1.54) is 91.9 Å². The fourth-order valence-electron chi connectivity index (χ4n) is 12.5. The van der Waals surface area contributed by atoms with Gasteiger partial charge in [-0.3, -0.25) is 47.9 Å². The van der Waals surface area contributed by atoms with Crippen LogP contribution in [0.1, 0.15) is 92.4 Å². The zero-order valence-electron chi connectivity index (χ0n) is 57.5. The van der Waals surface area contributed by atoms with Gasteiger partial charge in [0.25, 0.3) is 0 Å². The Morgan fingerprint density at radius 1 is 0.657 bits per heavy atom. The number of ether oxygens (including phenoxy) is 1. The van der Waals surface area contributed by atoms with Gasteiger partial charge >= 0.3 is 5.97 Å². The third kappa shape index (κ3) is 21.1. The predicted octanol–water partition coefficient (Wildman–Crippen LogP) is 4.62. The molecule has 2 bridgehead atoms. The number of carbonyl (C=O) groups is 10. The highest BCUT2D eigenvalue weighted by Gasteiger charge is 2.48. The van der Waals surface area contributed by atoms with Gasteiger partial charge in [-0.2, -0.15) is 23.5 Å². The molecule has 544 valence electrons. The Morgan fingerprint density at radius 3 is 1.81 bits per heavy atom. The summed E-state index contributed by atoms with van der Waals surface area (Å²) in [5, 5.41) is 32.9. The smallest absolute Gasteiger partial charge is 0.305 e. The molecule has 1 fully saturated rings. The molecule has 0 unspecified atom stereocenters. The highest BCUT2D eigenvalue weighted by atomic mass is 32.2. The van der Waals surface area contributed by atoms with E-state index >= 15 is 23.6 Å². The molecule has 12 N–H and O–H groups in total. The van der Waals surface area contributed by atoms with Crippen molar-refractivity contribution < 1.29 is 66.6 Å². The Balaban J connectivity index is 1.05. The number of aliphatic carboxylic acids is 1. The molecule has 102 heavy (non-hydrogen) atoms. The first-order valence-corrected chi connectivity index (χ1v) is 36.2. The first-order chi connectivity index (χ1) is 48.9. The molecule has 5 heterocycles. The number of nitrogens with one attached hydrogen (secondary N) is 11. The quantitative estimate of drug-likeness (QED) is 0.0587. The fraction of sp³-hybridized carbons (Fsp3) is 0.431. The van der Waals surface area contributed by atoms with Gasteiger partial charge in [-0.05, 0) is 143 Å². The Kier molecular flexibility index (Phi) is 27.1. The molecule has 8 atom stereocenters. The summed E-state index contributed by atoms with van der Waals surface area (Å²) in [6.45, 7) is 4.18. The Morgan fingerprint density at radius 2 is 1.23 bits per heavy atom. The largest absolute Gasteiger partial charge is 0.497 e. The minimum Gasteiger partial charge on any atom is -0.497 e. The van der Waals surface area contributed by atoms with Gasteiger partial charge in [-0.1, -0.05) is 36.4 Å². The highest BCUT2D eigenvalue weighted by molar-refractivity contribution is 7.98. The van der Waals surface area contributed by atoms with Crippen molar-refractivity contribution in [1.82, 2.24) is 72.3 Å². The summed E-state index contributed by atoms with van der Waals surface area (Å²) < 4.78 is 35.4. The molecule has 2 aliphatic rings. The molecule has 1 saturated heterocycles. The number of aromatic nitrogens is 4. The predicted molar refractivity (Wildman–Crippen MR) is 383 cm³/mol. The first-order valence-electron chi connectivity index (χ1n) is 33.9. The average molecular weight is 1440 g/mol. The van der Waals surface area contributed by atoms with E-state index in [4.69, 9.17) is 4.74 Å². The number of halogens is 2. The van der Waals surface area contributed by atoms with Crippen molar-refractivity contribution >= 4 is 104 Å². The van der Waals surface area contributed by atoms with Crippen LogP contribution in [0.3, 0.4) is 0 Å². The summed E-state index contributed by atoms with van der Waals surface area (Å²) >= 11 is 3.14. The number of amides is 9. The van der Waals surface area contributed by atoms with E-state index < -0.39 is 131 Å². The number of benzene rings is 4. The maximum atomic E-state index is 15.2. The number of aromatic amines is 3. The van der Waals surface area contributed by atoms with E-state index in [-0.39, 0.29) is 62.0 Å². The van der Waals surface area contributed by atoms with E-state index in [2.05, 4.69) is 68.5 Å². The SMILES string of the molecule is COc1ccc(C[C@@H]2NC(=O)[C@H](Cc3ncc[nH]3)NC(=O)[C@H](CC(=O)O)NC(=O)[C@H](Cc3c[nH]c4ccc(F)cc34)NC(=O)[C@H](Cc3c[nH]c4ccc(F)cc34)NC(=O)[C@@H](C)NC(=O)[C@H](CCCCN(C)C)NC(=O)CCSCc3cccc(c3)CSCCNC(=O)[C@]3(C)CCCN3C2=O)cc1. The van der Waals surface area contributed by atoms with Crippen LogP contribution in [0.2, 0.25) is 0 Å². The van der Waals surface area contributed by atoms with E-state index in [0.29, 0.717) is 88.5 Å². The number of hydrogen-bond acceptors (Lipinski definition) is 15. The van der Waals surface area contributed by atoms with Crippen LogP contribution in [0, 0.1) is 11.6 Å². The number of rotatable bonds is 16. The highest BCUT2D eigenvalue weighted by Crippen LogP contribution is 2.31. The topological polar surface area (TPSA) is 363 Å². The van der Waals surface area contributed by atoms with Crippen molar-refractivity contribution in [2.45, 2.75) is 144 Å². The van der Waals surface area contributed by atoms with Gasteiger partial charge in [0, 0.05) is 115 Å². The molecule has 26 nitrogen and oxygen atoms in total. The molecule has 9 amide bonds. The molecule has 0 radical (unpaired) electrons. The van der Waals surface area contributed by atoms with Crippen LogP contribution in [0.15, 0.2) is 110 Å². The summed E-state index contributed by atoms with van der Waals surface area (Å²) in [6.07, 6.45) is 5.72. The van der Waals surface area contributed by atoms with Crippen LogP contribution in [0.5, 0.6) is 5.75 Å². The summed E-state index contributed by atoms with van der Waals surface area (Å²) in [7, 11) is 5.32. The van der Waals surface area contributed by atoms with Crippen molar-refractivity contribution in [3.63, 3.8) is 0 Å². The maximum Gasteiger partial charge on any atom is 0.305 e. The van der Waals surface area contributed by atoms with Gasteiger partial charge in [0.15, 0.2) is 0 Å². The maximum absolute atomic E-state index is 15.2. The van der Waals surface area contributed by atoms with E-state index in [1.54, 1.807) is 43.0 Å². The minimum absolute atomic E-state index is 0.0698. The third-order valence-electron chi connectivity index (χ3n) is 18.1. The van der Waals surface area contributed by atoms with Gasteiger partial charge in [0.05, 0.1) is 13.5 Å². The molecule has 3 aromatic heterocycles. The van der Waals surface area contributed by atoms with Gasteiger partial charge in [-0.15, -0.1) is 0 Å².